The molecule has 0 fully saturated rings. The van der Waals surface area contributed by atoms with E-state index in [1.807, 2.05) is 45.9 Å². The Morgan fingerprint density at radius 2 is 1.71 bits per heavy atom. The summed E-state index contributed by atoms with van der Waals surface area (Å²) in [5.41, 5.74) is 2.96. The van der Waals surface area contributed by atoms with E-state index in [0.717, 1.165) is 16.7 Å². The van der Waals surface area contributed by atoms with Crippen LogP contribution < -0.4 is 0 Å². The molecule has 0 spiro atoms. The minimum absolute atomic E-state index is 0.475. The third-order valence-corrected chi connectivity index (χ3v) is 2.42. The third kappa shape index (κ3) is 1.91. The normalized spacial score (nSPS) is 10.9. The van der Waals surface area contributed by atoms with Gasteiger partial charge in [-0.05, 0) is 44.4 Å². The fraction of sp³-hybridized carbons (Fsp3) is 0.417. The summed E-state index contributed by atoms with van der Waals surface area (Å²) in [6.07, 6.45) is 1.64. The highest BCUT2D eigenvalue weighted by Gasteiger charge is 2.23. The average Bonchev–Trinajstić information content (AvgIpc) is 2.02. The molecule has 0 amide bonds. The predicted molar refractivity (Wildman–Crippen MR) is 57.1 cm³/mol. The minimum atomic E-state index is -0.475. The van der Waals surface area contributed by atoms with Crippen molar-refractivity contribution in [2.75, 3.05) is 0 Å². The molecule has 1 aromatic carbocycles. The summed E-state index contributed by atoms with van der Waals surface area (Å²) in [4.78, 5) is 14.2. The van der Waals surface area contributed by atoms with Gasteiger partial charge in [-0.1, -0.05) is 18.2 Å². The largest absolute Gasteiger partial charge is 0.235 e. The molecule has 14 heavy (non-hydrogen) atoms. The molecule has 0 saturated carbocycles. The van der Waals surface area contributed by atoms with Crippen LogP contribution in [-0.4, -0.2) is 6.08 Å². The number of nitrogens with zero attached hydrogens (tertiary/aromatic N) is 1. The summed E-state index contributed by atoms with van der Waals surface area (Å²) >= 11 is 0. The zero-order chi connectivity index (χ0) is 10.8. The van der Waals surface area contributed by atoms with Crippen LogP contribution in [0.15, 0.2) is 23.2 Å². The summed E-state index contributed by atoms with van der Waals surface area (Å²) < 4.78 is 0. The van der Waals surface area contributed by atoms with Crippen LogP contribution in [0.4, 0.5) is 0 Å². The molecule has 0 radical (unpaired) electrons. The SMILES string of the molecule is Cc1cccc(C)c1C(C)(C)N=C=O. The smallest absolute Gasteiger partial charge is 0.211 e. The highest BCUT2D eigenvalue weighted by atomic mass is 16.1. The molecule has 0 aliphatic carbocycles. The van der Waals surface area contributed by atoms with Crippen molar-refractivity contribution < 1.29 is 4.79 Å². The van der Waals surface area contributed by atoms with E-state index in [4.69, 9.17) is 0 Å². The van der Waals surface area contributed by atoms with Gasteiger partial charge in [0.1, 0.15) is 0 Å². The zero-order valence-corrected chi connectivity index (χ0v) is 9.09. The molecule has 0 aliphatic rings. The van der Waals surface area contributed by atoms with Gasteiger partial charge in [-0.25, -0.2) is 4.79 Å². The van der Waals surface area contributed by atoms with Crippen molar-refractivity contribution in [2.24, 2.45) is 4.99 Å². The molecular weight excluding hydrogens is 174 g/mol. The molecule has 0 atom stereocenters. The molecule has 0 N–H and O–H groups in total. The Labute approximate surface area is 84.7 Å². The lowest BCUT2D eigenvalue weighted by atomic mass is 9.87. The molecule has 0 bridgehead atoms. The maximum atomic E-state index is 10.3. The lowest BCUT2D eigenvalue weighted by molar-refractivity contribution is 0.519. The van der Waals surface area contributed by atoms with Gasteiger partial charge < -0.3 is 0 Å². The molecule has 2 nitrogen and oxygen atoms in total. The molecule has 1 aromatic rings. The third-order valence-electron chi connectivity index (χ3n) is 2.42. The fourth-order valence-corrected chi connectivity index (χ4v) is 1.95. The molecule has 2 heteroatoms. The van der Waals surface area contributed by atoms with Gasteiger partial charge in [0.2, 0.25) is 6.08 Å². The summed E-state index contributed by atoms with van der Waals surface area (Å²) in [6.45, 7) is 7.91. The highest BCUT2D eigenvalue weighted by molar-refractivity contribution is 5.43. The number of aryl methyl sites for hydroxylation is 2. The summed E-state index contributed by atoms with van der Waals surface area (Å²) in [6, 6.07) is 6.07. The molecular formula is C12H15NO. The van der Waals surface area contributed by atoms with Crippen LogP contribution >= 0.6 is 0 Å². The van der Waals surface area contributed by atoms with Gasteiger partial charge in [-0.3, -0.25) is 0 Å². The van der Waals surface area contributed by atoms with Crippen molar-refractivity contribution in [2.45, 2.75) is 33.2 Å². The molecule has 0 saturated heterocycles. The Hall–Kier alpha value is -1.40. The second-order valence-corrected chi connectivity index (χ2v) is 4.03. The lowest BCUT2D eigenvalue weighted by Crippen LogP contribution is -2.16. The number of aliphatic imine (C=N–C) groups is 1. The van der Waals surface area contributed by atoms with Crippen molar-refractivity contribution in [3.8, 4) is 0 Å². The van der Waals surface area contributed by atoms with Crippen molar-refractivity contribution in [3.63, 3.8) is 0 Å². The first-order valence-corrected chi connectivity index (χ1v) is 4.65. The van der Waals surface area contributed by atoms with Gasteiger partial charge in [-0.15, -0.1) is 0 Å². The number of hydrogen-bond acceptors (Lipinski definition) is 2. The summed E-state index contributed by atoms with van der Waals surface area (Å²) in [7, 11) is 0. The van der Waals surface area contributed by atoms with Gasteiger partial charge in [0, 0.05) is 0 Å². The number of rotatable bonds is 2. The molecule has 0 aliphatic heterocycles. The fourth-order valence-electron chi connectivity index (χ4n) is 1.95. The maximum Gasteiger partial charge on any atom is 0.235 e. The van der Waals surface area contributed by atoms with Crippen LogP contribution in [0.25, 0.3) is 0 Å². The van der Waals surface area contributed by atoms with Crippen molar-refractivity contribution in [1.82, 2.24) is 0 Å². The second-order valence-electron chi connectivity index (χ2n) is 4.03. The van der Waals surface area contributed by atoms with Crippen molar-refractivity contribution in [1.29, 1.82) is 0 Å². The maximum absolute atomic E-state index is 10.3. The first-order valence-electron chi connectivity index (χ1n) is 4.65. The number of hydrogen-bond donors (Lipinski definition) is 0. The Morgan fingerprint density at radius 3 is 2.14 bits per heavy atom. The quantitative estimate of drug-likeness (QED) is 0.519. The Morgan fingerprint density at radius 1 is 1.21 bits per heavy atom. The van der Waals surface area contributed by atoms with Crippen molar-refractivity contribution >= 4 is 6.08 Å². The summed E-state index contributed by atoms with van der Waals surface area (Å²) in [5.74, 6) is 0. The van der Waals surface area contributed by atoms with Crippen LogP contribution in [0.3, 0.4) is 0 Å². The number of carbonyl (C=O) groups excluding carboxylic acids is 1. The van der Waals surface area contributed by atoms with Crippen LogP contribution in [0.5, 0.6) is 0 Å². The number of isocyanates is 1. The lowest BCUT2D eigenvalue weighted by Gasteiger charge is -2.22. The van der Waals surface area contributed by atoms with E-state index in [-0.39, 0.29) is 0 Å². The molecule has 74 valence electrons. The van der Waals surface area contributed by atoms with Crippen LogP contribution in [-0.2, 0) is 10.3 Å². The Bertz CT molecular complexity index is 367. The summed E-state index contributed by atoms with van der Waals surface area (Å²) in [5, 5.41) is 0. The molecule has 1 rings (SSSR count). The Kier molecular flexibility index (Phi) is 2.87. The van der Waals surface area contributed by atoms with Crippen LogP contribution in [0.2, 0.25) is 0 Å². The molecule has 0 aromatic heterocycles. The monoisotopic (exact) mass is 189 g/mol. The van der Waals surface area contributed by atoms with Crippen molar-refractivity contribution in [3.05, 3.63) is 34.9 Å². The van der Waals surface area contributed by atoms with Crippen LogP contribution in [0, 0.1) is 13.8 Å². The molecule has 0 heterocycles. The van der Waals surface area contributed by atoms with Gasteiger partial charge >= 0.3 is 0 Å². The topological polar surface area (TPSA) is 29.4 Å². The average molecular weight is 189 g/mol. The highest BCUT2D eigenvalue weighted by Crippen LogP contribution is 2.29. The van der Waals surface area contributed by atoms with E-state index < -0.39 is 5.54 Å². The Balaban J connectivity index is 3.37. The van der Waals surface area contributed by atoms with Gasteiger partial charge in [-0.2, -0.15) is 4.99 Å². The standard InChI is InChI=1S/C12H15NO/c1-9-6-5-7-10(2)11(9)12(3,4)13-8-14/h5-7H,1-4H3. The zero-order valence-electron chi connectivity index (χ0n) is 9.09. The van der Waals surface area contributed by atoms with Crippen LogP contribution in [0.1, 0.15) is 30.5 Å². The van der Waals surface area contributed by atoms with Gasteiger partial charge in [0.05, 0.1) is 5.54 Å². The minimum Gasteiger partial charge on any atom is -0.211 e. The van der Waals surface area contributed by atoms with E-state index in [0.29, 0.717) is 0 Å². The van der Waals surface area contributed by atoms with Gasteiger partial charge in [0.25, 0.3) is 0 Å². The number of benzene rings is 1. The predicted octanol–water partition coefficient (Wildman–Crippen LogP) is 2.87. The van der Waals surface area contributed by atoms with E-state index >= 15 is 0 Å². The van der Waals surface area contributed by atoms with E-state index in [2.05, 4.69) is 4.99 Å². The first kappa shape index (κ1) is 10.7. The first-order chi connectivity index (χ1) is 6.49. The van der Waals surface area contributed by atoms with Gasteiger partial charge in [0.15, 0.2) is 0 Å². The van der Waals surface area contributed by atoms with E-state index in [9.17, 15) is 4.79 Å². The van der Waals surface area contributed by atoms with E-state index in [1.165, 1.54) is 0 Å². The van der Waals surface area contributed by atoms with E-state index in [1.54, 1.807) is 6.08 Å². The second kappa shape index (κ2) is 3.77. The molecule has 0 unspecified atom stereocenters.